The van der Waals surface area contributed by atoms with E-state index < -0.39 is 0 Å². The van der Waals surface area contributed by atoms with Crippen LogP contribution in [0.3, 0.4) is 0 Å². The fourth-order valence-corrected chi connectivity index (χ4v) is 1.71. The van der Waals surface area contributed by atoms with Gasteiger partial charge in [0.15, 0.2) is 5.82 Å². The average molecular weight is 288 g/mol. The van der Waals surface area contributed by atoms with E-state index >= 15 is 0 Å². The van der Waals surface area contributed by atoms with E-state index in [0.717, 1.165) is 37.8 Å². The fraction of sp³-hybridized carbons (Fsp3) is 0.692. The van der Waals surface area contributed by atoms with Gasteiger partial charge in [-0.2, -0.15) is 5.10 Å². The second-order valence-corrected chi connectivity index (χ2v) is 4.16. The number of rotatable bonds is 10. The Balaban J connectivity index is 2.58. The Morgan fingerprint density at radius 1 is 1.05 bits per heavy atom. The molecule has 6 heteroatoms. The molecule has 1 aromatic heterocycles. The van der Waals surface area contributed by atoms with Gasteiger partial charge in [-0.15, -0.1) is 16.7 Å². The third-order valence-corrected chi connectivity index (χ3v) is 2.86. The van der Waals surface area contributed by atoms with Gasteiger partial charge in [0.2, 0.25) is 0 Å². The first-order valence-corrected chi connectivity index (χ1v) is 7.14. The van der Waals surface area contributed by atoms with Crippen molar-refractivity contribution in [1.29, 1.82) is 0 Å². The number of hydrogen-bond donors (Lipinski definition) is 0. The third-order valence-electron chi connectivity index (χ3n) is 2.59. The van der Waals surface area contributed by atoms with E-state index in [9.17, 15) is 0 Å². The van der Waals surface area contributed by atoms with Gasteiger partial charge in [-0.05, 0) is 26.0 Å². The number of nitrogens with zero attached hydrogens (tertiary/aromatic N) is 3. The van der Waals surface area contributed by atoms with Crippen molar-refractivity contribution in [2.75, 3.05) is 44.4 Å². The SMILES string of the molecule is CCOCCN(CCOCC)c1ccc(CCl)nn1. The summed E-state index contributed by atoms with van der Waals surface area (Å²) in [6.07, 6.45) is 0. The minimum absolute atomic E-state index is 0.380. The van der Waals surface area contributed by atoms with E-state index in [4.69, 9.17) is 21.1 Å². The van der Waals surface area contributed by atoms with Crippen LogP contribution in [0.1, 0.15) is 19.5 Å². The van der Waals surface area contributed by atoms with Crippen molar-refractivity contribution in [3.63, 3.8) is 0 Å². The quantitative estimate of drug-likeness (QED) is 0.487. The normalized spacial score (nSPS) is 10.7. The summed E-state index contributed by atoms with van der Waals surface area (Å²) in [5.41, 5.74) is 0.778. The molecule has 0 amide bonds. The maximum atomic E-state index is 5.71. The Morgan fingerprint density at radius 2 is 1.68 bits per heavy atom. The zero-order valence-electron chi connectivity index (χ0n) is 11.6. The van der Waals surface area contributed by atoms with Crippen LogP contribution in [0.2, 0.25) is 0 Å². The molecule has 108 valence electrons. The molecule has 0 bridgehead atoms. The molecule has 1 rings (SSSR count). The van der Waals surface area contributed by atoms with Crippen molar-refractivity contribution >= 4 is 17.4 Å². The lowest BCUT2D eigenvalue weighted by atomic mass is 10.4. The molecule has 0 aliphatic rings. The van der Waals surface area contributed by atoms with E-state index in [0.29, 0.717) is 19.1 Å². The highest BCUT2D eigenvalue weighted by molar-refractivity contribution is 6.16. The molecule has 0 aliphatic carbocycles. The first kappa shape index (κ1) is 16.1. The fourth-order valence-electron chi connectivity index (χ4n) is 1.57. The minimum Gasteiger partial charge on any atom is -0.380 e. The molecule has 1 aromatic rings. The van der Waals surface area contributed by atoms with Gasteiger partial charge in [-0.25, -0.2) is 0 Å². The Kier molecular flexibility index (Phi) is 8.45. The standard InChI is InChI=1S/C13H22ClN3O2/c1-3-18-9-7-17(8-10-19-4-2)13-6-5-12(11-14)15-16-13/h5-6H,3-4,7-11H2,1-2H3. The lowest BCUT2D eigenvalue weighted by molar-refractivity contribution is 0.141. The van der Waals surface area contributed by atoms with Gasteiger partial charge in [0, 0.05) is 26.3 Å². The van der Waals surface area contributed by atoms with Crippen LogP contribution in [-0.2, 0) is 15.4 Å². The number of aromatic nitrogens is 2. The Hall–Kier alpha value is -0.910. The molecular formula is C13H22ClN3O2. The Morgan fingerprint density at radius 3 is 2.11 bits per heavy atom. The highest BCUT2D eigenvalue weighted by Gasteiger charge is 2.08. The third kappa shape index (κ3) is 6.18. The molecule has 0 N–H and O–H groups in total. The summed E-state index contributed by atoms with van der Waals surface area (Å²) in [7, 11) is 0. The molecule has 0 unspecified atom stereocenters. The van der Waals surface area contributed by atoms with Gasteiger partial charge in [0.25, 0.3) is 0 Å². The molecule has 0 saturated heterocycles. The molecule has 0 aromatic carbocycles. The number of anilines is 1. The monoisotopic (exact) mass is 287 g/mol. The van der Waals surface area contributed by atoms with E-state index in [1.807, 2.05) is 26.0 Å². The molecule has 19 heavy (non-hydrogen) atoms. The summed E-state index contributed by atoms with van der Waals surface area (Å²) in [6.45, 7) is 8.29. The van der Waals surface area contributed by atoms with Crippen molar-refractivity contribution in [2.45, 2.75) is 19.7 Å². The maximum Gasteiger partial charge on any atom is 0.151 e. The molecule has 0 radical (unpaired) electrons. The van der Waals surface area contributed by atoms with Gasteiger partial charge >= 0.3 is 0 Å². The molecule has 0 atom stereocenters. The van der Waals surface area contributed by atoms with Crippen molar-refractivity contribution in [2.24, 2.45) is 0 Å². The van der Waals surface area contributed by atoms with Gasteiger partial charge in [0.1, 0.15) is 0 Å². The van der Waals surface area contributed by atoms with E-state index in [-0.39, 0.29) is 0 Å². The predicted molar refractivity (Wildman–Crippen MR) is 76.8 cm³/mol. The van der Waals surface area contributed by atoms with Crippen LogP contribution in [0.5, 0.6) is 0 Å². The zero-order chi connectivity index (χ0) is 13.9. The molecule has 0 spiro atoms. The van der Waals surface area contributed by atoms with E-state index in [2.05, 4.69) is 15.1 Å². The number of ether oxygens (including phenoxy) is 2. The first-order chi connectivity index (χ1) is 9.31. The van der Waals surface area contributed by atoms with Gasteiger partial charge < -0.3 is 14.4 Å². The van der Waals surface area contributed by atoms with Crippen LogP contribution >= 0.6 is 11.6 Å². The number of halogens is 1. The van der Waals surface area contributed by atoms with Crippen LogP contribution in [-0.4, -0.2) is 49.7 Å². The van der Waals surface area contributed by atoms with Crippen LogP contribution in [0.4, 0.5) is 5.82 Å². The number of hydrogen-bond acceptors (Lipinski definition) is 5. The lowest BCUT2D eigenvalue weighted by Gasteiger charge is -2.23. The lowest BCUT2D eigenvalue weighted by Crippen LogP contribution is -2.32. The predicted octanol–water partition coefficient (Wildman–Crippen LogP) is 2.09. The second kappa shape index (κ2) is 9.95. The topological polar surface area (TPSA) is 47.5 Å². The summed E-state index contributed by atoms with van der Waals surface area (Å²) in [4.78, 5) is 2.11. The van der Waals surface area contributed by atoms with Crippen LogP contribution in [0.15, 0.2) is 12.1 Å². The molecule has 1 heterocycles. The summed E-state index contributed by atoms with van der Waals surface area (Å²) in [5.74, 6) is 1.21. The zero-order valence-corrected chi connectivity index (χ0v) is 12.4. The molecule has 0 aliphatic heterocycles. The Labute approximate surface area is 119 Å². The Bertz CT molecular complexity index is 325. The highest BCUT2D eigenvalue weighted by Crippen LogP contribution is 2.10. The van der Waals surface area contributed by atoms with Crippen LogP contribution in [0.25, 0.3) is 0 Å². The smallest absolute Gasteiger partial charge is 0.151 e. The summed E-state index contributed by atoms with van der Waals surface area (Å²) in [5, 5.41) is 8.26. The highest BCUT2D eigenvalue weighted by atomic mass is 35.5. The van der Waals surface area contributed by atoms with Crippen molar-refractivity contribution in [3.8, 4) is 0 Å². The van der Waals surface area contributed by atoms with Crippen molar-refractivity contribution in [3.05, 3.63) is 17.8 Å². The number of alkyl halides is 1. The summed E-state index contributed by atoms with van der Waals surface area (Å²) < 4.78 is 10.8. The maximum absolute atomic E-state index is 5.71. The molecule has 0 fully saturated rings. The van der Waals surface area contributed by atoms with Crippen molar-refractivity contribution in [1.82, 2.24) is 10.2 Å². The summed E-state index contributed by atoms with van der Waals surface area (Å²) >= 11 is 5.71. The summed E-state index contributed by atoms with van der Waals surface area (Å²) in [6, 6.07) is 3.83. The molecule has 0 saturated carbocycles. The first-order valence-electron chi connectivity index (χ1n) is 6.60. The largest absolute Gasteiger partial charge is 0.380 e. The van der Waals surface area contributed by atoms with Gasteiger partial charge in [-0.3, -0.25) is 0 Å². The van der Waals surface area contributed by atoms with Gasteiger partial charge in [0.05, 0.1) is 24.8 Å². The van der Waals surface area contributed by atoms with E-state index in [1.54, 1.807) is 0 Å². The van der Waals surface area contributed by atoms with Crippen LogP contribution in [0, 0.1) is 0 Å². The molecule has 5 nitrogen and oxygen atoms in total. The molecular weight excluding hydrogens is 266 g/mol. The minimum atomic E-state index is 0.380. The van der Waals surface area contributed by atoms with Crippen molar-refractivity contribution < 1.29 is 9.47 Å². The average Bonchev–Trinajstić information content (AvgIpc) is 2.46. The van der Waals surface area contributed by atoms with E-state index in [1.165, 1.54) is 0 Å². The van der Waals surface area contributed by atoms with Gasteiger partial charge in [-0.1, -0.05) is 0 Å². The van der Waals surface area contributed by atoms with Crippen LogP contribution < -0.4 is 4.90 Å². The second-order valence-electron chi connectivity index (χ2n) is 3.90.